The summed E-state index contributed by atoms with van der Waals surface area (Å²) in [6.45, 7) is 9.24. The van der Waals surface area contributed by atoms with Crippen LogP contribution >= 0.6 is 0 Å². The number of fused-ring (bicyclic) bond motifs is 4. The predicted molar refractivity (Wildman–Crippen MR) is 113 cm³/mol. The van der Waals surface area contributed by atoms with Gasteiger partial charge >= 0.3 is 0 Å². The Labute approximate surface area is 160 Å². The molecule has 0 fully saturated rings. The molecule has 2 heterocycles. The van der Waals surface area contributed by atoms with Crippen LogP contribution in [0.4, 0.5) is 0 Å². The Morgan fingerprint density at radius 1 is 0.926 bits per heavy atom. The van der Waals surface area contributed by atoms with Gasteiger partial charge in [0, 0.05) is 34.1 Å². The van der Waals surface area contributed by atoms with Gasteiger partial charge in [0.1, 0.15) is 0 Å². The van der Waals surface area contributed by atoms with Crippen molar-refractivity contribution in [2.45, 2.75) is 39.5 Å². The van der Waals surface area contributed by atoms with Gasteiger partial charge in [0.15, 0.2) is 0 Å². The van der Waals surface area contributed by atoms with Crippen molar-refractivity contribution >= 4 is 21.7 Å². The zero-order valence-corrected chi connectivity index (χ0v) is 16.4. The molecule has 1 aliphatic rings. The monoisotopic (exact) mass is 352 g/mol. The maximum atomic E-state index is 4.81. The number of hydrogen-bond donors (Lipinski definition) is 0. The van der Waals surface area contributed by atoms with Crippen molar-refractivity contribution in [1.29, 1.82) is 0 Å². The molecule has 27 heavy (non-hydrogen) atoms. The van der Waals surface area contributed by atoms with E-state index in [0.29, 0.717) is 5.92 Å². The molecular formula is C25H24N2. The fraction of sp³-hybridized carbons (Fsp3) is 0.280. The molecule has 0 saturated heterocycles. The molecule has 4 aromatic rings. The first kappa shape index (κ1) is 16.4. The van der Waals surface area contributed by atoms with Crippen LogP contribution in [0.1, 0.15) is 44.4 Å². The Kier molecular flexibility index (Phi) is 3.42. The average Bonchev–Trinajstić information content (AvgIpc) is 2.64. The van der Waals surface area contributed by atoms with Crippen molar-refractivity contribution in [2.75, 3.05) is 0 Å². The van der Waals surface area contributed by atoms with Gasteiger partial charge in [-0.25, -0.2) is 0 Å². The molecule has 2 aromatic heterocycles. The highest BCUT2D eigenvalue weighted by molar-refractivity contribution is 6.05. The van der Waals surface area contributed by atoms with Gasteiger partial charge in [-0.15, -0.1) is 0 Å². The van der Waals surface area contributed by atoms with E-state index in [9.17, 15) is 0 Å². The van der Waals surface area contributed by atoms with Crippen molar-refractivity contribution in [3.05, 3.63) is 71.5 Å². The van der Waals surface area contributed by atoms with Crippen LogP contribution in [0.25, 0.3) is 32.9 Å². The second-order valence-corrected chi connectivity index (χ2v) is 8.69. The summed E-state index contributed by atoms with van der Waals surface area (Å²) < 4.78 is 0. The van der Waals surface area contributed by atoms with Crippen LogP contribution in [0.15, 0.2) is 54.9 Å². The molecule has 1 aliphatic carbocycles. The summed E-state index contributed by atoms with van der Waals surface area (Å²) in [4.78, 5) is 9.58. The molecule has 0 radical (unpaired) electrons. The number of hydrogen-bond acceptors (Lipinski definition) is 2. The summed E-state index contributed by atoms with van der Waals surface area (Å²) in [7, 11) is 0. The molecule has 0 N–H and O–H groups in total. The third-order valence-electron chi connectivity index (χ3n) is 5.90. The van der Waals surface area contributed by atoms with E-state index in [1.807, 2.05) is 18.5 Å². The molecule has 0 aliphatic heterocycles. The van der Waals surface area contributed by atoms with E-state index in [2.05, 4.69) is 64.1 Å². The summed E-state index contributed by atoms with van der Waals surface area (Å²) in [6, 6.07) is 15.5. The fourth-order valence-corrected chi connectivity index (χ4v) is 4.78. The second kappa shape index (κ2) is 5.63. The number of rotatable bonds is 2. The topological polar surface area (TPSA) is 25.8 Å². The molecule has 5 rings (SSSR count). The highest BCUT2D eigenvalue weighted by atomic mass is 14.7. The third kappa shape index (κ3) is 2.32. The molecule has 0 bridgehead atoms. The van der Waals surface area contributed by atoms with E-state index >= 15 is 0 Å². The van der Waals surface area contributed by atoms with Crippen molar-refractivity contribution < 1.29 is 0 Å². The Bertz CT molecular complexity index is 1200. The zero-order chi connectivity index (χ0) is 18.8. The number of benzene rings is 2. The summed E-state index contributed by atoms with van der Waals surface area (Å²) >= 11 is 0. The van der Waals surface area contributed by atoms with Gasteiger partial charge in [0.2, 0.25) is 0 Å². The van der Waals surface area contributed by atoms with E-state index in [1.54, 1.807) is 0 Å². The van der Waals surface area contributed by atoms with Crippen molar-refractivity contribution in [3.63, 3.8) is 0 Å². The van der Waals surface area contributed by atoms with E-state index in [-0.39, 0.29) is 5.41 Å². The van der Waals surface area contributed by atoms with Gasteiger partial charge in [-0.3, -0.25) is 9.97 Å². The lowest BCUT2D eigenvalue weighted by Gasteiger charge is -2.35. The molecule has 0 atom stereocenters. The van der Waals surface area contributed by atoms with Crippen LogP contribution in [-0.2, 0) is 11.8 Å². The van der Waals surface area contributed by atoms with Crippen molar-refractivity contribution in [1.82, 2.24) is 9.97 Å². The van der Waals surface area contributed by atoms with E-state index in [4.69, 9.17) is 9.97 Å². The number of nitrogens with zero attached hydrogens (tertiary/aromatic N) is 2. The summed E-state index contributed by atoms with van der Waals surface area (Å²) in [5.74, 6) is 0.637. The smallest absolute Gasteiger partial charge is 0.0787 e. The average molecular weight is 352 g/mol. The fourth-order valence-electron chi connectivity index (χ4n) is 4.78. The van der Waals surface area contributed by atoms with Gasteiger partial charge in [0.05, 0.1) is 11.2 Å². The maximum absolute atomic E-state index is 4.81. The Morgan fingerprint density at radius 2 is 1.78 bits per heavy atom. The van der Waals surface area contributed by atoms with Crippen LogP contribution in [-0.4, -0.2) is 9.97 Å². The quantitative estimate of drug-likeness (QED) is 0.424. The predicted octanol–water partition coefficient (Wildman–Crippen LogP) is 6.29. The van der Waals surface area contributed by atoms with E-state index < -0.39 is 0 Å². The largest absolute Gasteiger partial charge is 0.256 e. The van der Waals surface area contributed by atoms with Crippen LogP contribution in [0.3, 0.4) is 0 Å². The minimum absolute atomic E-state index is 0.121. The van der Waals surface area contributed by atoms with Crippen LogP contribution in [0, 0.1) is 5.92 Å². The Balaban J connectivity index is 1.93. The normalized spacial score (nSPS) is 14.7. The van der Waals surface area contributed by atoms with Crippen molar-refractivity contribution in [2.24, 2.45) is 5.92 Å². The lowest BCUT2D eigenvalue weighted by molar-refractivity contribution is 0.632. The molecule has 0 saturated carbocycles. The zero-order valence-electron chi connectivity index (χ0n) is 16.4. The summed E-state index contributed by atoms with van der Waals surface area (Å²) in [5.41, 5.74) is 7.39. The second-order valence-electron chi connectivity index (χ2n) is 8.69. The van der Waals surface area contributed by atoms with Gasteiger partial charge in [0.25, 0.3) is 0 Å². The third-order valence-corrected chi connectivity index (χ3v) is 5.90. The van der Waals surface area contributed by atoms with Crippen LogP contribution < -0.4 is 0 Å². The molecule has 0 spiro atoms. The van der Waals surface area contributed by atoms with E-state index in [1.165, 1.54) is 38.4 Å². The molecule has 0 unspecified atom stereocenters. The molecule has 2 aromatic carbocycles. The number of aromatic nitrogens is 2. The van der Waals surface area contributed by atoms with E-state index in [0.717, 1.165) is 17.6 Å². The molecule has 134 valence electrons. The van der Waals surface area contributed by atoms with Gasteiger partial charge < -0.3 is 0 Å². The maximum Gasteiger partial charge on any atom is 0.0787 e. The highest BCUT2D eigenvalue weighted by Crippen LogP contribution is 2.50. The molecular weight excluding hydrogens is 328 g/mol. The SMILES string of the molecule is CC(C)Cc1cc2c3c(nccc3c1)-c1ccc3cccnc3c1C2(C)C. The summed E-state index contributed by atoms with van der Waals surface area (Å²) in [6.07, 6.45) is 4.94. The van der Waals surface area contributed by atoms with Crippen LogP contribution in [0.5, 0.6) is 0 Å². The lowest BCUT2D eigenvalue weighted by Crippen LogP contribution is -2.25. The molecule has 2 nitrogen and oxygen atoms in total. The minimum Gasteiger partial charge on any atom is -0.256 e. The lowest BCUT2D eigenvalue weighted by atomic mass is 9.68. The van der Waals surface area contributed by atoms with Gasteiger partial charge in [-0.1, -0.05) is 58.0 Å². The minimum atomic E-state index is -0.121. The van der Waals surface area contributed by atoms with Gasteiger partial charge in [-0.05, 0) is 46.5 Å². The first-order valence-corrected chi connectivity index (χ1v) is 9.77. The molecule has 2 heteroatoms. The standard InChI is InChI=1S/C25H24N2/c1-15(2)12-16-13-18-9-11-27-24-19-8-7-17-6-5-10-26-23(17)22(19)25(3,4)20(14-16)21(18)24/h5-11,13-15H,12H2,1-4H3. The summed E-state index contributed by atoms with van der Waals surface area (Å²) in [5, 5.41) is 3.80. The number of pyridine rings is 2. The Hall–Kier alpha value is -2.74. The first-order valence-electron chi connectivity index (χ1n) is 9.77. The van der Waals surface area contributed by atoms with Gasteiger partial charge in [-0.2, -0.15) is 0 Å². The van der Waals surface area contributed by atoms with Crippen molar-refractivity contribution in [3.8, 4) is 11.3 Å². The molecule has 0 amide bonds. The van der Waals surface area contributed by atoms with Crippen LogP contribution in [0.2, 0.25) is 0 Å². The highest BCUT2D eigenvalue weighted by Gasteiger charge is 2.36. The Morgan fingerprint density at radius 3 is 2.59 bits per heavy atom. The first-order chi connectivity index (χ1) is 13.0.